The van der Waals surface area contributed by atoms with Crippen molar-refractivity contribution in [1.82, 2.24) is 0 Å². The monoisotopic (exact) mass is 422 g/mol. The Labute approximate surface area is 179 Å². The number of benzene rings is 3. The average Bonchev–Trinajstić information content (AvgIpc) is 2.74. The fourth-order valence-electron chi connectivity index (χ4n) is 2.88. The van der Waals surface area contributed by atoms with Gasteiger partial charge in [-0.25, -0.2) is 4.39 Å². The molecule has 1 atom stereocenters. The SMILES string of the molecule is CCCC(=O)Nc1cccc(SC(C(=O)Nc2ccc(F)cc2)c2ccccc2)c1. The first-order chi connectivity index (χ1) is 14.5. The summed E-state index contributed by atoms with van der Waals surface area (Å²) in [6.45, 7) is 1.95. The summed E-state index contributed by atoms with van der Waals surface area (Å²) < 4.78 is 13.2. The third kappa shape index (κ3) is 6.19. The van der Waals surface area contributed by atoms with Gasteiger partial charge in [0.2, 0.25) is 11.8 Å². The first-order valence-corrected chi connectivity index (χ1v) is 10.6. The Hall–Kier alpha value is -3.12. The number of carbonyl (C=O) groups is 2. The van der Waals surface area contributed by atoms with Gasteiger partial charge in [0.15, 0.2) is 0 Å². The molecule has 0 aliphatic rings. The highest BCUT2D eigenvalue weighted by Gasteiger charge is 2.22. The molecule has 4 nitrogen and oxygen atoms in total. The Bertz CT molecular complexity index is 994. The number of amides is 2. The normalized spacial score (nSPS) is 11.5. The van der Waals surface area contributed by atoms with Gasteiger partial charge >= 0.3 is 0 Å². The maximum absolute atomic E-state index is 13.2. The van der Waals surface area contributed by atoms with Crippen LogP contribution in [0.2, 0.25) is 0 Å². The van der Waals surface area contributed by atoms with Crippen LogP contribution >= 0.6 is 11.8 Å². The van der Waals surface area contributed by atoms with Gasteiger partial charge in [0.25, 0.3) is 0 Å². The van der Waals surface area contributed by atoms with Crippen molar-refractivity contribution in [3.05, 3.63) is 90.2 Å². The van der Waals surface area contributed by atoms with Crippen molar-refractivity contribution in [2.75, 3.05) is 10.6 Å². The minimum Gasteiger partial charge on any atom is -0.326 e. The maximum atomic E-state index is 13.2. The highest BCUT2D eigenvalue weighted by Crippen LogP contribution is 2.37. The molecule has 154 valence electrons. The molecule has 1 unspecified atom stereocenters. The van der Waals surface area contributed by atoms with E-state index in [1.807, 2.05) is 61.5 Å². The van der Waals surface area contributed by atoms with Gasteiger partial charge in [-0.1, -0.05) is 43.3 Å². The molecule has 3 rings (SSSR count). The minimum absolute atomic E-state index is 0.0340. The number of anilines is 2. The lowest BCUT2D eigenvalue weighted by molar-refractivity contribution is -0.116. The van der Waals surface area contributed by atoms with Crippen LogP contribution in [0.4, 0.5) is 15.8 Å². The van der Waals surface area contributed by atoms with E-state index in [1.54, 1.807) is 0 Å². The third-order valence-corrected chi connectivity index (χ3v) is 5.55. The van der Waals surface area contributed by atoms with Crippen molar-refractivity contribution >= 4 is 35.0 Å². The van der Waals surface area contributed by atoms with E-state index < -0.39 is 5.25 Å². The second kappa shape index (κ2) is 10.6. The Morgan fingerprint density at radius 1 is 0.900 bits per heavy atom. The molecular weight excluding hydrogens is 399 g/mol. The zero-order valence-corrected chi connectivity index (χ0v) is 17.4. The molecular formula is C24H23FN2O2S. The van der Waals surface area contributed by atoms with Crippen LogP contribution in [-0.2, 0) is 9.59 Å². The maximum Gasteiger partial charge on any atom is 0.242 e. The first-order valence-electron chi connectivity index (χ1n) is 9.73. The van der Waals surface area contributed by atoms with Crippen molar-refractivity contribution in [3.8, 4) is 0 Å². The van der Waals surface area contributed by atoms with Gasteiger partial charge in [0, 0.05) is 22.7 Å². The number of thioether (sulfide) groups is 1. The van der Waals surface area contributed by atoms with E-state index in [4.69, 9.17) is 0 Å². The van der Waals surface area contributed by atoms with Crippen molar-refractivity contribution in [1.29, 1.82) is 0 Å². The van der Waals surface area contributed by atoms with E-state index in [-0.39, 0.29) is 17.6 Å². The summed E-state index contributed by atoms with van der Waals surface area (Å²) in [5, 5.41) is 5.22. The van der Waals surface area contributed by atoms with Crippen LogP contribution < -0.4 is 10.6 Å². The van der Waals surface area contributed by atoms with Gasteiger partial charge in [-0.15, -0.1) is 11.8 Å². The predicted molar refractivity (Wildman–Crippen MR) is 120 cm³/mol. The van der Waals surface area contributed by atoms with E-state index in [9.17, 15) is 14.0 Å². The fourth-order valence-corrected chi connectivity index (χ4v) is 3.96. The molecule has 6 heteroatoms. The summed E-state index contributed by atoms with van der Waals surface area (Å²) >= 11 is 1.39. The Morgan fingerprint density at radius 2 is 1.63 bits per heavy atom. The zero-order valence-electron chi connectivity index (χ0n) is 16.6. The van der Waals surface area contributed by atoms with Crippen LogP contribution in [0.25, 0.3) is 0 Å². The summed E-state index contributed by atoms with van der Waals surface area (Å²) in [5.74, 6) is -0.601. The number of carbonyl (C=O) groups excluding carboxylic acids is 2. The number of hydrogen-bond acceptors (Lipinski definition) is 3. The summed E-state index contributed by atoms with van der Waals surface area (Å²) in [7, 11) is 0. The molecule has 0 aliphatic heterocycles. The van der Waals surface area contributed by atoms with Gasteiger partial charge in [0.05, 0.1) is 0 Å². The van der Waals surface area contributed by atoms with E-state index >= 15 is 0 Å². The Kier molecular flexibility index (Phi) is 7.63. The second-order valence-electron chi connectivity index (χ2n) is 6.73. The molecule has 0 aromatic heterocycles. The van der Waals surface area contributed by atoms with Crippen LogP contribution in [0.3, 0.4) is 0 Å². The molecule has 0 bridgehead atoms. The molecule has 3 aromatic rings. The molecule has 30 heavy (non-hydrogen) atoms. The Balaban J connectivity index is 1.80. The first kappa shape index (κ1) is 21.6. The van der Waals surface area contributed by atoms with E-state index in [2.05, 4.69) is 10.6 Å². The summed E-state index contributed by atoms with van der Waals surface area (Å²) in [6.07, 6.45) is 1.24. The van der Waals surface area contributed by atoms with Crippen LogP contribution in [0, 0.1) is 5.82 Å². The van der Waals surface area contributed by atoms with E-state index in [0.717, 1.165) is 16.9 Å². The minimum atomic E-state index is -0.516. The summed E-state index contributed by atoms with van der Waals surface area (Å²) in [5.41, 5.74) is 2.08. The van der Waals surface area contributed by atoms with Gasteiger partial charge in [-0.3, -0.25) is 9.59 Å². The zero-order chi connectivity index (χ0) is 21.3. The number of halogens is 1. The topological polar surface area (TPSA) is 58.2 Å². The van der Waals surface area contributed by atoms with Gasteiger partial charge in [-0.2, -0.15) is 0 Å². The van der Waals surface area contributed by atoms with Crippen molar-refractivity contribution in [3.63, 3.8) is 0 Å². The molecule has 0 heterocycles. The van der Waals surface area contributed by atoms with Crippen molar-refractivity contribution in [2.45, 2.75) is 29.9 Å². The fraction of sp³-hybridized carbons (Fsp3) is 0.167. The van der Waals surface area contributed by atoms with Crippen LogP contribution in [0.15, 0.2) is 83.8 Å². The standard InChI is InChI=1S/C24H23FN2O2S/c1-2-7-22(28)26-20-10-6-11-21(16-20)30-23(17-8-4-3-5-9-17)24(29)27-19-14-12-18(25)13-15-19/h3-6,8-16,23H,2,7H2,1H3,(H,26,28)(H,27,29). The number of rotatable bonds is 8. The lowest BCUT2D eigenvalue weighted by atomic mass is 10.1. The highest BCUT2D eigenvalue weighted by atomic mass is 32.2. The van der Waals surface area contributed by atoms with Crippen LogP contribution in [0.1, 0.15) is 30.6 Å². The summed E-state index contributed by atoms with van der Waals surface area (Å²) in [6, 6.07) is 22.6. The van der Waals surface area contributed by atoms with Crippen LogP contribution in [-0.4, -0.2) is 11.8 Å². The van der Waals surface area contributed by atoms with Gasteiger partial charge in [-0.05, 0) is 54.4 Å². The van der Waals surface area contributed by atoms with E-state index in [1.165, 1.54) is 36.0 Å². The van der Waals surface area contributed by atoms with Crippen molar-refractivity contribution in [2.24, 2.45) is 0 Å². The number of hydrogen-bond donors (Lipinski definition) is 2. The molecule has 2 N–H and O–H groups in total. The van der Waals surface area contributed by atoms with Gasteiger partial charge in [0.1, 0.15) is 11.1 Å². The highest BCUT2D eigenvalue weighted by molar-refractivity contribution is 8.00. The molecule has 3 aromatic carbocycles. The molecule has 0 fully saturated rings. The second-order valence-corrected chi connectivity index (χ2v) is 7.91. The number of nitrogens with one attached hydrogen (secondary N) is 2. The average molecular weight is 423 g/mol. The Morgan fingerprint density at radius 3 is 2.33 bits per heavy atom. The molecule has 0 saturated carbocycles. The lowest BCUT2D eigenvalue weighted by Gasteiger charge is -2.18. The predicted octanol–water partition coefficient (Wildman–Crippen LogP) is 6.04. The molecule has 0 aliphatic carbocycles. The quantitative estimate of drug-likeness (QED) is 0.435. The lowest BCUT2D eigenvalue weighted by Crippen LogP contribution is -2.19. The molecule has 0 saturated heterocycles. The van der Waals surface area contributed by atoms with Crippen LogP contribution in [0.5, 0.6) is 0 Å². The smallest absolute Gasteiger partial charge is 0.242 e. The molecule has 0 spiro atoms. The van der Waals surface area contributed by atoms with Gasteiger partial charge < -0.3 is 10.6 Å². The largest absolute Gasteiger partial charge is 0.326 e. The van der Waals surface area contributed by atoms with Crippen molar-refractivity contribution < 1.29 is 14.0 Å². The van der Waals surface area contributed by atoms with E-state index in [0.29, 0.717) is 17.8 Å². The molecule has 2 amide bonds. The summed E-state index contributed by atoms with van der Waals surface area (Å²) in [4.78, 5) is 25.8. The third-order valence-electron chi connectivity index (χ3n) is 4.30. The molecule has 0 radical (unpaired) electrons.